The predicted molar refractivity (Wildman–Crippen MR) is 86.7 cm³/mol. The van der Waals surface area contributed by atoms with Crippen molar-refractivity contribution < 1.29 is 9.18 Å². The Balaban J connectivity index is 0.00000220. The Morgan fingerprint density at radius 2 is 2.19 bits per heavy atom. The first-order chi connectivity index (χ1) is 9.60. The first-order valence-corrected chi connectivity index (χ1v) is 7.14. The third kappa shape index (κ3) is 4.77. The van der Waals surface area contributed by atoms with Gasteiger partial charge < -0.3 is 10.6 Å². The van der Waals surface area contributed by atoms with Gasteiger partial charge in [0, 0.05) is 23.9 Å². The minimum Gasteiger partial charge on any atom is -0.319 e. The summed E-state index contributed by atoms with van der Waals surface area (Å²) in [5.74, 6) is -0.305. The fourth-order valence-electron chi connectivity index (χ4n) is 1.69. The number of aromatic nitrogens is 1. The molecule has 0 fully saturated rings. The number of aryl methyl sites for hydroxylation is 1. The summed E-state index contributed by atoms with van der Waals surface area (Å²) in [6.07, 6.45) is 0.404. The van der Waals surface area contributed by atoms with Crippen molar-refractivity contribution >= 4 is 34.8 Å². The highest BCUT2D eigenvalue weighted by Crippen LogP contribution is 2.26. The summed E-state index contributed by atoms with van der Waals surface area (Å²) >= 11 is 1.36. The van der Waals surface area contributed by atoms with Gasteiger partial charge in [-0.1, -0.05) is 0 Å². The highest BCUT2D eigenvalue weighted by atomic mass is 35.5. The number of nitrogens with one attached hydrogen (secondary N) is 2. The summed E-state index contributed by atoms with van der Waals surface area (Å²) in [4.78, 5) is 15.9. The highest BCUT2D eigenvalue weighted by Gasteiger charge is 2.08. The van der Waals surface area contributed by atoms with E-state index in [0.717, 1.165) is 11.3 Å². The number of benzene rings is 1. The number of halogens is 2. The van der Waals surface area contributed by atoms with Crippen LogP contribution in [-0.2, 0) is 4.79 Å². The Kier molecular flexibility index (Phi) is 6.74. The summed E-state index contributed by atoms with van der Waals surface area (Å²) in [5, 5.41) is 8.07. The summed E-state index contributed by atoms with van der Waals surface area (Å²) in [7, 11) is 1.80. The van der Waals surface area contributed by atoms with Gasteiger partial charge in [-0.15, -0.1) is 23.7 Å². The van der Waals surface area contributed by atoms with E-state index in [1.54, 1.807) is 26.1 Å². The quantitative estimate of drug-likeness (QED) is 0.885. The van der Waals surface area contributed by atoms with Gasteiger partial charge in [0.05, 0.1) is 5.69 Å². The second-order valence-electron chi connectivity index (χ2n) is 4.40. The standard InChI is InChI=1S/C14H16FN3OS.ClH/c1-9-7-10(3-4-11(9)15)12-8-20-14(17-12)18-13(19)5-6-16-2;/h3-4,7-8,16H,5-6H2,1-2H3,(H,17,18,19);1H. The van der Waals surface area contributed by atoms with Gasteiger partial charge in [-0.25, -0.2) is 9.37 Å². The van der Waals surface area contributed by atoms with E-state index >= 15 is 0 Å². The molecule has 0 radical (unpaired) electrons. The minimum absolute atomic E-state index is 0. The lowest BCUT2D eigenvalue weighted by Crippen LogP contribution is -2.18. The molecule has 1 aromatic carbocycles. The van der Waals surface area contributed by atoms with Gasteiger partial charge in [0.15, 0.2) is 5.13 Å². The van der Waals surface area contributed by atoms with Crippen molar-refractivity contribution in [3.63, 3.8) is 0 Å². The van der Waals surface area contributed by atoms with Crippen LogP contribution in [0.4, 0.5) is 9.52 Å². The molecule has 0 saturated carbocycles. The van der Waals surface area contributed by atoms with Crippen LogP contribution in [0.2, 0.25) is 0 Å². The number of amides is 1. The SMILES string of the molecule is CNCCC(=O)Nc1nc(-c2ccc(F)c(C)c2)cs1.Cl. The monoisotopic (exact) mass is 329 g/mol. The van der Waals surface area contributed by atoms with Crippen LogP contribution >= 0.6 is 23.7 Å². The van der Waals surface area contributed by atoms with E-state index < -0.39 is 0 Å². The molecule has 4 nitrogen and oxygen atoms in total. The molecule has 1 aromatic heterocycles. The third-order valence-electron chi connectivity index (χ3n) is 2.81. The average molecular weight is 330 g/mol. The first-order valence-electron chi connectivity index (χ1n) is 6.26. The van der Waals surface area contributed by atoms with E-state index in [4.69, 9.17) is 0 Å². The van der Waals surface area contributed by atoms with Crippen molar-refractivity contribution in [2.45, 2.75) is 13.3 Å². The summed E-state index contributed by atoms with van der Waals surface area (Å²) in [6.45, 7) is 2.34. The van der Waals surface area contributed by atoms with Crippen LogP contribution < -0.4 is 10.6 Å². The van der Waals surface area contributed by atoms with Crippen LogP contribution in [0.15, 0.2) is 23.6 Å². The smallest absolute Gasteiger partial charge is 0.227 e. The fraction of sp³-hybridized carbons (Fsp3) is 0.286. The molecule has 2 N–H and O–H groups in total. The van der Waals surface area contributed by atoms with E-state index in [0.29, 0.717) is 23.7 Å². The van der Waals surface area contributed by atoms with Crippen molar-refractivity contribution in [2.75, 3.05) is 18.9 Å². The molecule has 2 rings (SSSR count). The molecule has 1 heterocycles. The number of rotatable bonds is 5. The number of hydrogen-bond donors (Lipinski definition) is 2. The maximum absolute atomic E-state index is 13.2. The van der Waals surface area contributed by atoms with E-state index in [9.17, 15) is 9.18 Å². The Bertz CT molecular complexity index is 618. The van der Waals surface area contributed by atoms with Gasteiger partial charge in [0.2, 0.25) is 5.91 Å². The first kappa shape index (κ1) is 17.6. The molecular formula is C14H17ClFN3OS. The topological polar surface area (TPSA) is 54.0 Å². The highest BCUT2D eigenvalue weighted by molar-refractivity contribution is 7.14. The zero-order chi connectivity index (χ0) is 14.5. The van der Waals surface area contributed by atoms with Gasteiger partial charge in [0.1, 0.15) is 5.82 Å². The Labute approximate surface area is 133 Å². The average Bonchev–Trinajstić information content (AvgIpc) is 2.88. The van der Waals surface area contributed by atoms with Crippen LogP contribution in [0.3, 0.4) is 0 Å². The van der Waals surface area contributed by atoms with E-state index in [1.807, 2.05) is 5.38 Å². The van der Waals surface area contributed by atoms with E-state index in [2.05, 4.69) is 15.6 Å². The second kappa shape index (κ2) is 8.07. The Morgan fingerprint density at radius 1 is 1.43 bits per heavy atom. The van der Waals surface area contributed by atoms with Gasteiger partial charge in [0.25, 0.3) is 0 Å². The minimum atomic E-state index is -0.232. The zero-order valence-electron chi connectivity index (χ0n) is 11.8. The van der Waals surface area contributed by atoms with E-state index in [1.165, 1.54) is 17.4 Å². The van der Waals surface area contributed by atoms with Crippen LogP contribution in [0, 0.1) is 12.7 Å². The Hall–Kier alpha value is -1.50. The lowest BCUT2D eigenvalue weighted by molar-refractivity contribution is -0.116. The number of hydrogen-bond acceptors (Lipinski definition) is 4. The van der Waals surface area contributed by atoms with Gasteiger partial charge in [-0.05, 0) is 37.7 Å². The van der Waals surface area contributed by atoms with Crippen molar-refractivity contribution in [3.05, 3.63) is 35.0 Å². The number of thiazole rings is 1. The molecule has 0 aliphatic rings. The maximum atomic E-state index is 13.2. The predicted octanol–water partition coefficient (Wildman–Crippen LogP) is 3.23. The van der Waals surface area contributed by atoms with Gasteiger partial charge in [-0.2, -0.15) is 0 Å². The molecule has 0 atom stereocenters. The van der Waals surface area contributed by atoms with Crippen LogP contribution in [0.25, 0.3) is 11.3 Å². The summed E-state index contributed by atoms with van der Waals surface area (Å²) in [5.41, 5.74) is 2.16. The van der Waals surface area contributed by atoms with Crippen LogP contribution in [-0.4, -0.2) is 24.5 Å². The molecule has 0 saturated heterocycles. The fourth-order valence-corrected chi connectivity index (χ4v) is 2.42. The second-order valence-corrected chi connectivity index (χ2v) is 5.26. The molecule has 2 aromatic rings. The Morgan fingerprint density at radius 3 is 2.86 bits per heavy atom. The zero-order valence-corrected chi connectivity index (χ0v) is 13.4. The largest absolute Gasteiger partial charge is 0.319 e. The van der Waals surface area contributed by atoms with Gasteiger partial charge in [-0.3, -0.25) is 4.79 Å². The molecule has 0 aliphatic carbocycles. The lowest BCUT2D eigenvalue weighted by atomic mass is 10.1. The number of nitrogens with zero attached hydrogens (tertiary/aromatic N) is 1. The third-order valence-corrected chi connectivity index (χ3v) is 3.56. The molecule has 0 spiro atoms. The van der Waals surface area contributed by atoms with Crippen LogP contribution in [0.5, 0.6) is 0 Å². The van der Waals surface area contributed by atoms with E-state index in [-0.39, 0.29) is 24.1 Å². The van der Waals surface area contributed by atoms with Crippen molar-refractivity contribution in [1.82, 2.24) is 10.3 Å². The molecule has 1 amide bonds. The van der Waals surface area contributed by atoms with Crippen molar-refractivity contribution in [2.24, 2.45) is 0 Å². The molecule has 0 unspecified atom stereocenters. The molecule has 21 heavy (non-hydrogen) atoms. The number of anilines is 1. The summed E-state index contributed by atoms with van der Waals surface area (Å²) in [6, 6.07) is 4.86. The number of carbonyl (C=O) groups excluding carboxylic acids is 1. The van der Waals surface area contributed by atoms with Crippen molar-refractivity contribution in [3.8, 4) is 11.3 Å². The van der Waals surface area contributed by atoms with Crippen LogP contribution in [0.1, 0.15) is 12.0 Å². The normalized spacial score (nSPS) is 10.0. The molecule has 0 aliphatic heterocycles. The summed E-state index contributed by atoms with van der Waals surface area (Å²) < 4.78 is 13.2. The molecule has 0 bridgehead atoms. The lowest BCUT2D eigenvalue weighted by Gasteiger charge is -2.01. The van der Waals surface area contributed by atoms with Gasteiger partial charge >= 0.3 is 0 Å². The maximum Gasteiger partial charge on any atom is 0.227 e. The number of carbonyl (C=O) groups is 1. The molecule has 7 heteroatoms. The molecule has 114 valence electrons. The van der Waals surface area contributed by atoms with Crippen molar-refractivity contribution in [1.29, 1.82) is 0 Å². The molecular weight excluding hydrogens is 313 g/mol.